The van der Waals surface area contributed by atoms with Gasteiger partial charge in [-0.3, -0.25) is 4.98 Å². The van der Waals surface area contributed by atoms with Crippen LogP contribution in [0.15, 0.2) is 35.2 Å². The Hall–Kier alpha value is -2.27. The van der Waals surface area contributed by atoms with Gasteiger partial charge in [-0.05, 0) is 24.6 Å². The Bertz CT molecular complexity index is 878. The lowest BCUT2D eigenvalue weighted by atomic mass is 10.1. The van der Waals surface area contributed by atoms with E-state index in [2.05, 4.69) is 42.8 Å². The molecule has 3 aromatic heterocycles. The normalized spacial score (nSPS) is 11.4. The number of aromatic nitrogens is 4. The minimum atomic E-state index is 0.783. The summed E-state index contributed by atoms with van der Waals surface area (Å²) in [6, 6.07) is 6.19. The molecule has 98 valence electrons. The Morgan fingerprint density at radius 1 is 1.10 bits per heavy atom. The number of nitrogens with one attached hydrogen (secondary N) is 1. The van der Waals surface area contributed by atoms with Crippen LogP contribution in [0.1, 0.15) is 17.1 Å². The number of aryl methyl sites for hydroxylation is 1. The van der Waals surface area contributed by atoms with E-state index in [4.69, 9.17) is 0 Å². The zero-order valence-corrected chi connectivity index (χ0v) is 11.7. The molecule has 0 radical (unpaired) electrons. The minimum Gasteiger partial charge on any atom is -0.341 e. The fraction of sp³-hybridized carbons (Fsp3) is 0.133. The fourth-order valence-electron chi connectivity index (χ4n) is 2.34. The van der Waals surface area contributed by atoms with Crippen LogP contribution in [0.4, 0.5) is 0 Å². The maximum atomic E-state index is 4.58. The molecule has 5 heteroatoms. The second-order valence-electron chi connectivity index (χ2n) is 4.87. The molecule has 0 saturated carbocycles. The van der Waals surface area contributed by atoms with Crippen LogP contribution in [0.2, 0.25) is 0 Å². The molecule has 0 atom stereocenters. The average molecular weight is 280 g/mol. The molecule has 1 N–H and O–H groups in total. The summed E-state index contributed by atoms with van der Waals surface area (Å²) in [6.45, 7) is 1.95. The van der Waals surface area contributed by atoms with Crippen molar-refractivity contribution >= 4 is 33.4 Å². The summed E-state index contributed by atoms with van der Waals surface area (Å²) >= 11 is 1.67. The predicted octanol–water partition coefficient (Wildman–Crippen LogP) is 3.47. The monoisotopic (exact) mass is 280 g/mol. The van der Waals surface area contributed by atoms with E-state index in [0.717, 1.165) is 40.0 Å². The minimum absolute atomic E-state index is 0.783. The summed E-state index contributed by atoms with van der Waals surface area (Å²) in [5.74, 6) is 0.988. The van der Waals surface area contributed by atoms with Gasteiger partial charge in [-0.25, -0.2) is 9.97 Å². The lowest BCUT2D eigenvalue weighted by molar-refractivity contribution is 1.04. The topological polar surface area (TPSA) is 54.5 Å². The molecule has 0 unspecified atom stereocenters. The molecular formula is C15H12N4S. The van der Waals surface area contributed by atoms with Crippen LogP contribution in [0.25, 0.3) is 22.1 Å². The highest BCUT2D eigenvalue weighted by Gasteiger charge is 2.06. The molecule has 0 aliphatic carbocycles. The van der Waals surface area contributed by atoms with Gasteiger partial charge in [-0.2, -0.15) is 0 Å². The molecule has 0 bridgehead atoms. The lowest BCUT2D eigenvalue weighted by Gasteiger charge is -2.02. The number of thiophene rings is 1. The quantitative estimate of drug-likeness (QED) is 0.611. The SMILES string of the molecule is Cc1cnc2cc(Cc3nc4cscc4[nH]3)ccc2n1. The van der Waals surface area contributed by atoms with Crippen molar-refractivity contribution in [2.45, 2.75) is 13.3 Å². The molecule has 0 fully saturated rings. The van der Waals surface area contributed by atoms with Crippen molar-refractivity contribution in [2.24, 2.45) is 0 Å². The zero-order chi connectivity index (χ0) is 13.5. The van der Waals surface area contributed by atoms with E-state index in [1.54, 1.807) is 17.5 Å². The van der Waals surface area contributed by atoms with Crippen molar-refractivity contribution in [2.75, 3.05) is 0 Å². The van der Waals surface area contributed by atoms with Crippen LogP contribution in [-0.4, -0.2) is 19.9 Å². The first-order chi connectivity index (χ1) is 9.78. The third kappa shape index (κ3) is 1.96. The zero-order valence-electron chi connectivity index (χ0n) is 10.9. The number of benzene rings is 1. The van der Waals surface area contributed by atoms with E-state index < -0.39 is 0 Å². The summed E-state index contributed by atoms with van der Waals surface area (Å²) < 4.78 is 0. The number of nitrogens with zero attached hydrogens (tertiary/aromatic N) is 3. The Morgan fingerprint density at radius 3 is 2.95 bits per heavy atom. The van der Waals surface area contributed by atoms with Crippen molar-refractivity contribution in [1.29, 1.82) is 0 Å². The van der Waals surface area contributed by atoms with Crippen LogP contribution in [0.3, 0.4) is 0 Å². The van der Waals surface area contributed by atoms with E-state index in [1.807, 2.05) is 13.0 Å². The van der Waals surface area contributed by atoms with Gasteiger partial charge in [0, 0.05) is 23.4 Å². The summed E-state index contributed by atoms with van der Waals surface area (Å²) in [5.41, 5.74) is 6.16. The van der Waals surface area contributed by atoms with Crippen molar-refractivity contribution in [3.8, 4) is 0 Å². The lowest BCUT2D eigenvalue weighted by Crippen LogP contribution is -1.93. The van der Waals surface area contributed by atoms with Gasteiger partial charge in [0.05, 0.1) is 27.8 Å². The van der Waals surface area contributed by atoms with E-state index in [-0.39, 0.29) is 0 Å². The molecular weight excluding hydrogens is 268 g/mol. The number of rotatable bonds is 2. The Kier molecular flexibility index (Phi) is 2.53. The number of H-pyrrole nitrogens is 1. The third-order valence-corrected chi connectivity index (χ3v) is 4.01. The Labute approximate surface area is 119 Å². The molecule has 1 aromatic carbocycles. The number of fused-ring (bicyclic) bond motifs is 2. The molecule has 4 nitrogen and oxygen atoms in total. The second kappa shape index (κ2) is 4.38. The largest absolute Gasteiger partial charge is 0.341 e. The van der Waals surface area contributed by atoms with Crippen LogP contribution in [-0.2, 0) is 6.42 Å². The third-order valence-electron chi connectivity index (χ3n) is 3.27. The number of hydrogen-bond acceptors (Lipinski definition) is 4. The second-order valence-corrected chi connectivity index (χ2v) is 5.61. The summed E-state index contributed by atoms with van der Waals surface area (Å²) in [7, 11) is 0. The average Bonchev–Trinajstić information content (AvgIpc) is 3.00. The van der Waals surface area contributed by atoms with Gasteiger partial charge in [0.25, 0.3) is 0 Å². The van der Waals surface area contributed by atoms with Crippen molar-refractivity contribution in [3.63, 3.8) is 0 Å². The predicted molar refractivity (Wildman–Crippen MR) is 81.1 cm³/mol. The summed E-state index contributed by atoms with van der Waals surface area (Å²) in [6.07, 6.45) is 2.58. The number of hydrogen-bond donors (Lipinski definition) is 1. The molecule has 3 heterocycles. The highest BCUT2D eigenvalue weighted by Crippen LogP contribution is 2.19. The van der Waals surface area contributed by atoms with Crippen molar-refractivity contribution in [3.05, 3.63) is 52.2 Å². The van der Waals surface area contributed by atoms with E-state index in [0.29, 0.717) is 0 Å². The maximum Gasteiger partial charge on any atom is 0.111 e. The van der Waals surface area contributed by atoms with Gasteiger partial charge in [-0.1, -0.05) is 6.07 Å². The van der Waals surface area contributed by atoms with Gasteiger partial charge in [0.15, 0.2) is 0 Å². The highest BCUT2D eigenvalue weighted by atomic mass is 32.1. The summed E-state index contributed by atoms with van der Waals surface area (Å²) in [4.78, 5) is 16.8. The Balaban J connectivity index is 1.71. The van der Waals surface area contributed by atoms with Crippen LogP contribution < -0.4 is 0 Å². The molecule has 0 aliphatic rings. The highest BCUT2D eigenvalue weighted by molar-refractivity contribution is 7.09. The molecule has 0 amide bonds. The van der Waals surface area contributed by atoms with Crippen LogP contribution in [0, 0.1) is 6.92 Å². The van der Waals surface area contributed by atoms with E-state index in [1.165, 1.54) is 5.56 Å². The van der Waals surface area contributed by atoms with E-state index >= 15 is 0 Å². The standard InChI is InChI=1S/C15H12N4S/c1-9-6-16-12-4-10(2-3-11(12)17-9)5-15-18-13-7-20-8-14(13)19-15/h2-4,6-8H,5H2,1H3,(H,18,19). The van der Waals surface area contributed by atoms with Crippen LogP contribution in [0.5, 0.6) is 0 Å². The number of imidazole rings is 1. The van der Waals surface area contributed by atoms with Gasteiger partial charge < -0.3 is 4.98 Å². The van der Waals surface area contributed by atoms with Gasteiger partial charge in [-0.15, -0.1) is 11.3 Å². The first kappa shape index (κ1) is 11.5. The van der Waals surface area contributed by atoms with Gasteiger partial charge >= 0.3 is 0 Å². The first-order valence-electron chi connectivity index (χ1n) is 6.41. The molecule has 20 heavy (non-hydrogen) atoms. The molecule has 0 spiro atoms. The smallest absolute Gasteiger partial charge is 0.111 e. The fourth-order valence-corrected chi connectivity index (χ4v) is 3.03. The van der Waals surface area contributed by atoms with Gasteiger partial charge in [0.2, 0.25) is 0 Å². The molecule has 0 saturated heterocycles. The van der Waals surface area contributed by atoms with Crippen LogP contribution >= 0.6 is 11.3 Å². The van der Waals surface area contributed by atoms with Crippen molar-refractivity contribution < 1.29 is 0 Å². The molecule has 4 rings (SSSR count). The van der Waals surface area contributed by atoms with Crippen molar-refractivity contribution in [1.82, 2.24) is 19.9 Å². The summed E-state index contributed by atoms with van der Waals surface area (Å²) in [5, 5.41) is 4.14. The molecule has 0 aliphatic heterocycles. The Morgan fingerprint density at radius 2 is 2.05 bits per heavy atom. The first-order valence-corrected chi connectivity index (χ1v) is 7.35. The van der Waals surface area contributed by atoms with Gasteiger partial charge in [0.1, 0.15) is 5.82 Å². The number of aromatic amines is 1. The molecule has 4 aromatic rings. The van der Waals surface area contributed by atoms with E-state index in [9.17, 15) is 0 Å². The maximum absolute atomic E-state index is 4.58.